The molecule has 1 aromatic carbocycles. The molecule has 0 saturated carbocycles. The Morgan fingerprint density at radius 1 is 1.56 bits per heavy atom. The van der Waals surface area contributed by atoms with Gasteiger partial charge in [-0.3, -0.25) is 0 Å². The van der Waals surface area contributed by atoms with Crippen LogP contribution < -0.4 is 5.32 Å². The molecule has 0 saturated heterocycles. The second-order valence-corrected chi connectivity index (χ2v) is 3.60. The van der Waals surface area contributed by atoms with Crippen LogP contribution in [0.2, 0.25) is 0 Å². The van der Waals surface area contributed by atoms with Crippen molar-refractivity contribution in [2.75, 3.05) is 13.6 Å². The third kappa shape index (κ3) is 3.61. The molecule has 4 heteroatoms. The van der Waals surface area contributed by atoms with Gasteiger partial charge in [0.2, 0.25) is 0 Å². The predicted molar refractivity (Wildman–Crippen MR) is 59.3 cm³/mol. The number of nitrogens with one attached hydrogen (secondary N) is 1. The van der Waals surface area contributed by atoms with Crippen LogP contribution in [0, 0.1) is 17.1 Å². The summed E-state index contributed by atoms with van der Waals surface area (Å²) in [5.74, 6) is -0.337. The maximum absolute atomic E-state index is 13.3. The van der Waals surface area contributed by atoms with E-state index in [1.807, 2.05) is 20.0 Å². The first kappa shape index (κ1) is 12.6. The quantitative estimate of drug-likeness (QED) is 0.826. The molecule has 0 radical (unpaired) electrons. The predicted octanol–water partition coefficient (Wildman–Crippen LogP) is 1.82. The normalized spacial score (nSPS) is 12.1. The van der Waals surface area contributed by atoms with E-state index in [2.05, 4.69) is 5.32 Å². The van der Waals surface area contributed by atoms with E-state index < -0.39 is 0 Å². The highest BCUT2D eigenvalue weighted by Crippen LogP contribution is 2.12. The second-order valence-electron chi connectivity index (χ2n) is 3.60. The van der Waals surface area contributed by atoms with Gasteiger partial charge in [0.25, 0.3) is 0 Å². The molecule has 1 unspecified atom stereocenters. The van der Waals surface area contributed by atoms with Crippen LogP contribution in [0.3, 0.4) is 0 Å². The number of rotatable bonds is 5. The Morgan fingerprint density at radius 2 is 2.31 bits per heavy atom. The number of hydrogen-bond donors (Lipinski definition) is 1. The van der Waals surface area contributed by atoms with Crippen molar-refractivity contribution in [2.24, 2.45) is 0 Å². The van der Waals surface area contributed by atoms with Crippen LogP contribution >= 0.6 is 0 Å². The molecule has 86 valence electrons. The van der Waals surface area contributed by atoms with Gasteiger partial charge >= 0.3 is 0 Å². The Hall–Kier alpha value is -1.44. The summed E-state index contributed by atoms with van der Waals surface area (Å²) in [4.78, 5) is 0. The first-order valence-corrected chi connectivity index (χ1v) is 5.12. The summed E-state index contributed by atoms with van der Waals surface area (Å²) in [7, 11) is 1.83. The molecule has 0 aliphatic carbocycles. The third-order valence-electron chi connectivity index (χ3n) is 2.19. The Bertz CT molecular complexity index is 387. The van der Waals surface area contributed by atoms with Crippen LogP contribution in [0.5, 0.6) is 0 Å². The van der Waals surface area contributed by atoms with Gasteiger partial charge in [-0.05, 0) is 32.2 Å². The molecular formula is C12H15FN2O. The summed E-state index contributed by atoms with van der Waals surface area (Å²) in [5.41, 5.74) is 0.864. The summed E-state index contributed by atoms with van der Waals surface area (Å²) >= 11 is 0. The van der Waals surface area contributed by atoms with E-state index in [-0.39, 0.29) is 18.5 Å². The fourth-order valence-corrected chi connectivity index (χ4v) is 1.33. The Morgan fingerprint density at radius 3 is 2.94 bits per heavy atom. The number of hydrogen-bond acceptors (Lipinski definition) is 3. The van der Waals surface area contributed by atoms with Crippen LogP contribution in [0.4, 0.5) is 4.39 Å². The van der Waals surface area contributed by atoms with E-state index in [9.17, 15) is 4.39 Å². The molecule has 1 N–H and O–H groups in total. The van der Waals surface area contributed by atoms with Crippen molar-refractivity contribution in [2.45, 2.75) is 19.6 Å². The average molecular weight is 222 g/mol. The van der Waals surface area contributed by atoms with Gasteiger partial charge in [0.15, 0.2) is 0 Å². The lowest BCUT2D eigenvalue weighted by Gasteiger charge is -2.12. The average Bonchev–Trinajstić information content (AvgIpc) is 2.28. The molecule has 0 bridgehead atoms. The summed E-state index contributed by atoms with van der Waals surface area (Å²) in [6, 6.07) is 6.23. The van der Waals surface area contributed by atoms with Crippen LogP contribution in [0.1, 0.15) is 18.1 Å². The lowest BCUT2D eigenvalue weighted by atomic mass is 10.1. The molecule has 0 spiro atoms. The summed E-state index contributed by atoms with van der Waals surface area (Å²) < 4.78 is 18.8. The van der Waals surface area contributed by atoms with E-state index in [1.54, 1.807) is 0 Å². The van der Waals surface area contributed by atoms with Crippen molar-refractivity contribution in [3.8, 4) is 6.07 Å². The zero-order valence-corrected chi connectivity index (χ0v) is 9.46. The number of benzene rings is 1. The van der Waals surface area contributed by atoms with E-state index in [1.165, 1.54) is 18.2 Å². The lowest BCUT2D eigenvalue weighted by molar-refractivity contribution is 0.0528. The van der Waals surface area contributed by atoms with Crippen molar-refractivity contribution in [3.63, 3.8) is 0 Å². The number of likely N-dealkylation sites (N-methyl/N-ethyl adjacent to an activating group) is 1. The van der Waals surface area contributed by atoms with E-state index in [0.29, 0.717) is 17.7 Å². The standard InChI is InChI=1S/C12H15FN2O/c1-9(7-15-2)16-8-11-5-10(6-14)3-4-12(11)13/h3-5,9,15H,7-8H2,1-2H3. The Kier molecular flexibility index (Phi) is 4.90. The fourth-order valence-electron chi connectivity index (χ4n) is 1.33. The van der Waals surface area contributed by atoms with Gasteiger partial charge in [-0.2, -0.15) is 5.26 Å². The summed E-state index contributed by atoms with van der Waals surface area (Å²) in [5, 5.41) is 11.7. The largest absolute Gasteiger partial charge is 0.372 e. The highest BCUT2D eigenvalue weighted by atomic mass is 19.1. The van der Waals surface area contributed by atoms with Crippen LogP contribution in [0.15, 0.2) is 18.2 Å². The first-order chi connectivity index (χ1) is 7.67. The van der Waals surface area contributed by atoms with Crippen molar-refractivity contribution in [3.05, 3.63) is 35.1 Å². The molecule has 0 fully saturated rings. The molecule has 0 aliphatic rings. The zero-order valence-electron chi connectivity index (χ0n) is 9.46. The third-order valence-corrected chi connectivity index (χ3v) is 2.19. The maximum Gasteiger partial charge on any atom is 0.128 e. The molecule has 1 rings (SSSR count). The summed E-state index contributed by atoms with van der Waals surface area (Å²) in [6.45, 7) is 2.80. The van der Waals surface area contributed by atoms with Crippen molar-refractivity contribution >= 4 is 0 Å². The van der Waals surface area contributed by atoms with Crippen LogP contribution in [-0.2, 0) is 11.3 Å². The van der Waals surface area contributed by atoms with Gasteiger partial charge in [0, 0.05) is 12.1 Å². The van der Waals surface area contributed by atoms with Crippen molar-refractivity contribution < 1.29 is 9.13 Å². The topological polar surface area (TPSA) is 45.0 Å². The van der Waals surface area contributed by atoms with Gasteiger partial charge in [0.1, 0.15) is 5.82 Å². The van der Waals surface area contributed by atoms with E-state index in [4.69, 9.17) is 10.00 Å². The van der Waals surface area contributed by atoms with Gasteiger partial charge < -0.3 is 10.1 Å². The minimum absolute atomic E-state index is 0.00939. The van der Waals surface area contributed by atoms with Gasteiger partial charge in [-0.25, -0.2) is 4.39 Å². The maximum atomic E-state index is 13.3. The number of nitrogens with zero attached hydrogens (tertiary/aromatic N) is 1. The lowest BCUT2D eigenvalue weighted by Crippen LogP contribution is -2.23. The Balaban J connectivity index is 2.63. The molecular weight excluding hydrogens is 207 g/mol. The number of halogens is 1. The molecule has 0 heterocycles. The molecule has 3 nitrogen and oxygen atoms in total. The van der Waals surface area contributed by atoms with E-state index in [0.717, 1.165) is 0 Å². The summed E-state index contributed by atoms with van der Waals surface area (Å²) in [6.07, 6.45) is 0.00939. The highest BCUT2D eigenvalue weighted by Gasteiger charge is 2.06. The molecule has 0 aromatic heterocycles. The van der Waals surface area contributed by atoms with Gasteiger partial charge in [-0.15, -0.1) is 0 Å². The number of nitriles is 1. The van der Waals surface area contributed by atoms with Crippen LogP contribution in [-0.4, -0.2) is 19.7 Å². The monoisotopic (exact) mass is 222 g/mol. The van der Waals surface area contributed by atoms with Crippen LogP contribution in [0.25, 0.3) is 0 Å². The fraction of sp³-hybridized carbons (Fsp3) is 0.417. The Labute approximate surface area is 94.8 Å². The minimum Gasteiger partial charge on any atom is -0.372 e. The highest BCUT2D eigenvalue weighted by molar-refractivity contribution is 5.33. The molecule has 0 amide bonds. The molecule has 1 atom stereocenters. The van der Waals surface area contributed by atoms with Crippen molar-refractivity contribution in [1.29, 1.82) is 5.26 Å². The molecule has 16 heavy (non-hydrogen) atoms. The molecule has 0 aliphatic heterocycles. The smallest absolute Gasteiger partial charge is 0.128 e. The second kappa shape index (κ2) is 6.21. The zero-order chi connectivity index (χ0) is 12.0. The van der Waals surface area contributed by atoms with Gasteiger partial charge in [0.05, 0.1) is 24.3 Å². The SMILES string of the molecule is CNCC(C)OCc1cc(C#N)ccc1F. The van der Waals surface area contributed by atoms with Gasteiger partial charge in [-0.1, -0.05) is 0 Å². The first-order valence-electron chi connectivity index (χ1n) is 5.12. The minimum atomic E-state index is -0.337. The van der Waals surface area contributed by atoms with E-state index >= 15 is 0 Å². The molecule has 1 aromatic rings. The van der Waals surface area contributed by atoms with Crippen molar-refractivity contribution in [1.82, 2.24) is 5.32 Å². The number of ether oxygens (including phenoxy) is 1.